The molecule has 1 amide bonds. The summed E-state index contributed by atoms with van der Waals surface area (Å²) in [6.07, 6.45) is 7.66. The molecule has 168 valence electrons. The molecule has 1 N–H and O–H groups in total. The summed E-state index contributed by atoms with van der Waals surface area (Å²) < 4.78 is 18.7. The van der Waals surface area contributed by atoms with Crippen LogP contribution in [-0.2, 0) is 13.0 Å². The fourth-order valence-corrected chi connectivity index (χ4v) is 4.52. The Morgan fingerprint density at radius 3 is 2.79 bits per heavy atom. The number of amides is 1. The van der Waals surface area contributed by atoms with Crippen LogP contribution in [-0.4, -0.2) is 30.2 Å². The van der Waals surface area contributed by atoms with E-state index in [-0.39, 0.29) is 11.6 Å². The zero-order chi connectivity index (χ0) is 22.9. The molecule has 5 rings (SSSR count). The summed E-state index contributed by atoms with van der Waals surface area (Å²) in [5.74, 6) is 0.801. The average molecular weight is 445 g/mol. The average Bonchev–Trinajstić information content (AvgIpc) is 3.26. The highest BCUT2D eigenvalue weighted by Crippen LogP contribution is 2.28. The number of carbonyl (C=O) groups excluding carboxylic acids is 1. The van der Waals surface area contributed by atoms with Gasteiger partial charge in [-0.05, 0) is 63.1 Å². The number of anilines is 1. The van der Waals surface area contributed by atoms with Crippen LogP contribution < -0.4 is 5.32 Å². The van der Waals surface area contributed by atoms with Gasteiger partial charge in [0.1, 0.15) is 11.6 Å². The monoisotopic (exact) mass is 444 g/mol. The highest BCUT2D eigenvalue weighted by molar-refractivity contribution is 6.05. The molecule has 0 spiro atoms. The van der Waals surface area contributed by atoms with Crippen molar-refractivity contribution in [2.75, 3.05) is 5.32 Å². The third kappa shape index (κ3) is 3.92. The normalized spacial score (nSPS) is 13.4. The largest absolute Gasteiger partial charge is 0.319 e. The van der Waals surface area contributed by atoms with Gasteiger partial charge in [-0.25, -0.2) is 4.39 Å². The molecule has 1 aromatic carbocycles. The predicted molar refractivity (Wildman–Crippen MR) is 124 cm³/mol. The van der Waals surface area contributed by atoms with E-state index in [1.54, 1.807) is 30.6 Å². The Labute approximate surface area is 191 Å². The van der Waals surface area contributed by atoms with Gasteiger partial charge in [0.2, 0.25) is 0 Å². The molecule has 4 aromatic rings. The zero-order valence-corrected chi connectivity index (χ0v) is 18.7. The lowest BCUT2D eigenvalue weighted by atomic mass is 10.1. The molecule has 1 aliphatic heterocycles. The Kier molecular flexibility index (Phi) is 5.50. The lowest BCUT2D eigenvalue weighted by Crippen LogP contribution is -2.14. The number of hydrogen-bond donors (Lipinski definition) is 1. The number of pyridine rings is 1. The van der Waals surface area contributed by atoms with Crippen LogP contribution in [0, 0.1) is 19.7 Å². The van der Waals surface area contributed by atoms with Gasteiger partial charge in [-0.1, -0.05) is 6.42 Å². The molecule has 3 aromatic heterocycles. The molecule has 33 heavy (non-hydrogen) atoms. The molecule has 7 nitrogen and oxygen atoms in total. The second kappa shape index (κ2) is 8.61. The first-order valence-corrected chi connectivity index (χ1v) is 11.2. The Morgan fingerprint density at radius 1 is 1.09 bits per heavy atom. The first kappa shape index (κ1) is 21.1. The second-order valence-electron chi connectivity index (χ2n) is 8.38. The Morgan fingerprint density at radius 2 is 1.97 bits per heavy atom. The molecule has 0 saturated carbocycles. The maximum Gasteiger partial charge on any atom is 0.257 e. The highest BCUT2D eigenvalue weighted by atomic mass is 19.1. The smallest absolute Gasteiger partial charge is 0.257 e. The molecule has 0 atom stereocenters. The van der Waals surface area contributed by atoms with Gasteiger partial charge in [0.15, 0.2) is 5.82 Å². The number of aromatic nitrogens is 5. The number of hydrogen-bond acceptors (Lipinski definition) is 4. The van der Waals surface area contributed by atoms with Gasteiger partial charge in [0, 0.05) is 36.1 Å². The van der Waals surface area contributed by atoms with Crippen molar-refractivity contribution < 1.29 is 9.18 Å². The summed E-state index contributed by atoms with van der Waals surface area (Å²) in [4.78, 5) is 17.3. The van der Waals surface area contributed by atoms with Crippen LogP contribution in [0.5, 0.6) is 0 Å². The van der Waals surface area contributed by atoms with Crippen LogP contribution in [0.25, 0.3) is 17.1 Å². The van der Waals surface area contributed by atoms with Crippen molar-refractivity contribution in [3.8, 4) is 17.1 Å². The predicted octanol–water partition coefficient (Wildman–Crippen LogP) is 4.87. The van der Waals surface area contributed by atoms with E-state index in [1.807, 2.05) is 30.5 Å². The van der Waals surface area contributed by atoms with Crippen molar-refractivity contribution in [3.63, 3.8) is 0 Å². The van der Waals surface area contributed by atoms with E-state index in [1.165, 1.54) is 6.07 Å². The van der Waals surface area contributed by atoms with Gasteiger partial charge >= 0.3 is 0 Å². The minimum Gasteiger partial charge on any atom is -0.319 e. The minimum absolute atomic E-state index is 0.120. The second-order valence-corrected chi connectivity index (χ2v) is 8.38. The molecule has 8 heteroatoms. The first-order chi connectivity index (χ1) is 16.0. The van der Waals surface area contributed by atoms with Crippen LogP contribution >= 0.6 is 0 Å². The first-order valence-electron chi connectivity index (χ1n) is 11.2. The third-order valence-electron chi connectivity index (χ3n) is 6.16. The third-order valence-corrected chi connectivity index (χ3v) is 6.16. The van der Waals surface area contributed by atoms with Gasteiger partial charge in [0.05, 0.1) is 23.1 Å². The molecule has 1 aliphatic rings. The summed E-state index contributed by atoms with van der Waals surface area (Å²) in [7, 11) is 0. The fraction of sp³-hybridized carbons (Fsp3) is 0.280. The molecule has 0 radical (unpaired) electrons. The van der Waals surface area contributed by atoms with E-state index in [4.69, 9.17) is 0 Å². The van der Waals surface area contributed by atoms with Crippen molar-refractivity contribution in [2.24, 2.45) is 0 Å². The van der Waals surface area contributed by atoms with Crippen molar-refractivity contribution in [2.45, 2.75) is 46.1 Å². The van der Waals surface area contributed by atoms with Gasteiger partial charge in [-0.3, -0.25) is 9.78 Å². The quantitative estimate of drug-likeness (QED) is 0.487. The number of aryl methyl sites for hydroxylation is 2. The number of benzene rings is 1. The number of halogens is 1. The number of nitrogens with zero attached hydrogens (tertiary/aromatic N) is 5. The zero-order valence-electron chi connectivity index (χ0n) is 18.7. The topological polar surface area (TPSA) is 77.6 Å². The molecule has 0 saturated heterocycles. The summed E-state index contributed by atoms with van der Waals surface area (Å²) in [6, 6.07) is 10.3. The standard InChI is InChI=1S/C25H25FN6O/c1-16-13-20(17(2)32(16)19-7-6-11-27-15-19)25(33)28-22-14-18(9-10-21(22)26)24-30-29-23-8-4-3-5-12-31(23)24/h6-7,9-11,13-15H,3-5,8,12H2,1-2H3,(H,28,33). The van der Waals surface area contributed by atoms with Crippen LogP contribution in [0.2, 0.25) is 0 Å². The number of fused-ring (bicyclic) bond motifs is 1. The fourth-order valence-electron chi connectivity index (χ4n) is 4.52. The van der Waals surface area contributed by atoms with E-state index in [0.717, 1.165) is 60.7 Å². The number of rotatable bonds is 4. The van der Waals surface area contributed by atoms with E-state index in [0.29, 0.717) is 11.4 Å². The molecule has 0 aliphatic carbocycles. The summed E-state index contributed by atoms with van der Waals surface area (Å²) >= 11 is 0. The van der Waals surface area contributed by atoms with Crippen molar-refractivity contribution in [1.29, 1.82) is 0 Å². The van der Waals surface area contributed by atoms with Crippen LogP contribution in [0.1, 0.15) is 46.8 Å². The van der Waals surface area contributed by atoms with E-state index >= 15 is 0 Å². The molecular weight excluding hydrogens is 419 g/mol. The molecule has 0 fully saturated rings. The molecule has 0 bridgehead atoms. The minimum atomic E-state index is -0.497. The van der Waals surface area contributed by atoms with E-state index in [9.17, 15) is 9.18 Å². The lowest BCUT2D eigenvalue weighted by molar-refractivity contribution is 0.102. The summed E-state index contributed by atoms with van der Waals surface area (Å²) in [5, 5.41) is 11.4. The van der Waals surface area contributed by atoms with Crippen molar-refractivity contribution in [1.82, 2.24) is 24.3 Å². The highest BCUT2D eigenvalue weighted by Gasteiger charge is 2.20. The van der Waals surface area contributed by atoms with Crippen LogP contribution in [0.3, 0.4) is 0 Å². The SMILES string of the molecule is Cc1cc(C(=O)Nc2cc(-c3nnc4n3CCCCC4)ccc2F)c(C)n1-c1cccnc1. The summed E-state index contributed by atoms with van der Waals surface area (Å²) in [6.45, 7) is 4.64. The number of carbonyl (C=O) groups is 1. The van der Waals surface area contributed by atoms with Crippen molar-refractivity contribution >= 4 is 11.6 Å². The number of nitrogens with one attached hydrogen (secondary N) is 1. The maximum absolute atomic E-state index is 14.7. The van der Waals surface area contributed by atoms with Gasteiger partial charge < -0.3 is 14.5 Å². The molecule has 4 heterocycles. The van der Waals surface area contributed by atoms with E-state index in [2.05, 4.69) is 25.1 Å². The Balaban J connectivity index is 1.45. The van der Waals surface area contributed by atoms with Crippen molar-refractivity contribution in [3.05, 3.63) is 77.4 Å². The van der Waals surface area contributed by atoms with Gasteiger partial charge in [0.25, 0.3) is 5.91 Å². The molecular formula is C25H25FN6O. The van der Waals surface area contributed by atoms with Crippen LogP contribution in [0.15, 0.2) is 48.8 Å². The van der Waals surface area contributed by atoms with Crippen LogP contribution in [0.4, 0.5) is 10.1 Å². The van der Waals surface area contributed by atoms with Gasteiger partial charge in [-0.2, -0.15) is 0 Å². The lowest BCUT2D eigenvalue weighted by Gasteiger charge is -2.11. The molecule has 0 unspecified atom stereocenters. The van der Waals surface area contributed by atoms with Gasteiger partial charge in [-0.15, -0.1) is 10.2 Å². The Hall–Kier alpha value is -3.81. The van der Waals surface area contributed by atoms with E-state index < -0.39 is 5.82 Å². The summed E-state index contributed by atoms with van der Waals surface area (Å²) in [5.41, 5.74) is 3.86. The Bertz CT molecular complexity index is 1320. The maximum atomic E-state index is 14.7.